The Kier molecular flexibility index (Phi) is 5.97. The molecule has 1 amide bonds. The van der Waals surface area contributed by atoms with Gasteiger partial charge < -0.3 is 20.8 Å². The Bertz CT molecular complexity index is 1230. The van der Waals surface area contributed by atoms with E-state index in [-0.39, 0.29) is 30.7 Å². The molecule has 4 rings (SSSR count). The highest BCUT2D eigenvalue weighted by Crippen LogP contribution is 2.34. The number of halogens is 1. The van der Waals surface area contributed by atoms with Crippen LogP contribution in [0.2, 0.25) is 0 Å². The van der Waals surface area contributed by atoms with Crippen LogP contribution in [0, 0.1) is 17.2 Å². The molecule has 1 saturated carbocycles. The molecule has 4 N–H and O–H groups in total. The number of amides is 1. The Morgan fingerprint density at radius 1 is 1.36 bits per heavy atom. The summed E-state index contributed by atoms with van der Waals surface area (Å²) in [6.45, 7) is 2.33. The van der Waals surface area contributed by atoms with Crippen molar-refractivity contribution < 1.29 is 19.4 Å². The van der Waals surface area contributed by atoms with Gasteiger partial charge in [-0.2, -0.15) is 15.0 Å². The Labute approximate surface area is 189 Å². The number of anilines is 1. The molecule has 10 nitrogen and oxygen atoms in total. The molecule has 172 valence electrons. The van der Waals surface area contributed by atoms with Gasteiger partial charge in [0.05, 0.1) is 35.2 Å². The molecule has 0 aromatic carbocycles. The van der Waals surface area contributed by atoms with E-state index in [1.807, 2.05) is 6.07 Å². The Balaban J connectivity index is 1.64. The van der Waals surface area contributed by atoms with E-state index in [1.165, 1.54) is 30.9 Å². The van der Waals surface area contributed by atoms with Gasteiger partial charge in [-0.05, 0) is 26.3 Å². The maximum Gasteiger partial charge on any atom is 0.255 e. The first-order chi connectivity index (χ1) is 15.7. The number of pyridine rings is 2. The van der Waals surface area contributed by atoms with Gasteiger partial charge in [-0.1, -0.05) is 0 Å². The van der Waals surface area contributed by atoms with Gasteiger partial charge in [0.2, 0.25) is 0 Å². The number of aliphatic hydroxyl groups excluding tert-OH is 1. The second-order valence-electron chi connectivity index (χ2n) is 8.65. The number of carbonyl (C=O) groups is 1. The van der Waals surface area contributed by atoms with E-state index < -0.39 is 17.7 Å². The van der Waals surface area contributed by atoms with E-state index in [4.69, 9.17) is 5.26 Å². The zero-order valence-corrected chi connectivity index (χ0v) is 18.2. The number of aromatic nitrogens is 4. The van der Waals surface area contributed by atoms with Crippen LogP contribution >= 0.6 is 0 Å². The summed E-state index contributed by atoms with van der Waals surface area (Å²) in [4.78, 5) is 21.4. The van der Waals surface area contributed by atoms with Crippen molar-refractivity contribution in [1.82, 2.24) is 25.1 Å². The predicted octanol–water partition coefficient (Wildman–Crippen LogP) is 1.32. The molecule has 0 spiro atoms. The molecule has 0 saturated heterocycles. The lowest BCUT2D eigenvalue weighted by molar-refractivity contribution is -0.00177. The number of nitrogens with zero attached hydrogens (tertiary/aromatic N) is 5. The minimum atomic E-state index is -1.65. The van der Waals surface area contributed by atoms with Crippen molar-refractivity contribution in [2.24, 2.45) is 5.92 Å². The average molecular weight is 453 g/mol. The maximum absolute atomic E-state index is 14.1. The number of fused-ring (bicyclic) bond motifs is 1. The standard InChI is InChI=1S/C22H24FN7O3/c1-22(2,33)18(23)10-27-21(32)15-9-25-19(5-17(15)29-16-4-14(16)11-31)30-20-13(8-28-30)3-12(6-24)7-26-20/h3,5,7-9,14,16,18,31,33H,4,10-11H2,1-2H3,(H,25,29)(H,27,32). The largest absolute Gasteiger partial charge is 0.396 e. The van der Waals surface area contributed by atoms with Crippen LogP contribution in [0.5, 0.6) is 0 Å². The summed E-state index contributed by atoms with van der Waals surface area (Å²) in [5.41, 5.74) is -0.0331. The van der Waals surface area contributed by atoms with Crippen LogP contribution in [-0.2, 0) is 0 Å². The van der Waals surface area contributed by atoms with Crippen LogP contribution in [0.15, 0.2) is 30.7 Å². The fourth-order valence-electron chi connectivity index (χ4n) is 3.36. The third-order valence-electron chi connectivity index (χ3n) is 5.59. The van der Waals surface area contributed by atoms with Crippen LogP contribution in [0.3, 0.4) is 0 Å². The highest BCUT2D eigenvalue weighted by molar-refractivity contribution is 5.99. The van der Waals surface area contributed by atoms with Crippen LogP contribution in [0.1, 0.15) is 36.2 Å². The molecule has 0 bridgehead atoms. The van der Waals surface area contributed by atoms with E-state index >= 15 is 0 Å². The van der Waals surface area contributed by atoms with Crippen molar-refractivity contribution >= 4 is 22.6 Å². The van der Waals surface area contributed by atoms with Crippen molar-refractivity contribution in [2.75, 3.05) is 18.5 Å². The number of nitrogens with one attached hydrogen (secondary N) is 2. The normalized spacial score (nSPS) is 18.5. The summed E-state index contributed by atoms with van der Waals surface area (Å²) in [6, 6.07) is 5.33. The molecule has 3 unspecified atom stereocenters. The molecule has 1 aliphatic carbocycles. The number of hydrogen-bond donors (Lipinski definition) is 4. The van der Waals surface area contributed by atoms with Crippen molar-refractivity contribution in [3.8, 4) is 11.9 Å². The SMILES string of the molecule is CC(C)(O)C(F)CNC(=O)c1cnc(-n2ncc3cc(C#N)cnc32)cc1NC1CC1CO. The summed E-state index contributed by atoms with van der Waals surface area (Å²) >= 11 is 0. The van der Waals surface area contributed by atoms with Crippen LogP contribution in [0.4, 0.5) is 10.1 Å². The molecule has 3 aromatic rings. The molecule has 1 aliphatic rings. The first-order valence-electron chi connectivity index (χ1n) is 10.5. The molecule has 0 aliphatic heterocycles. The Morgan fingerprint density at radius 2 is 2.15 bits per heavy atom. The quantitative estimate of drug-likeness (QED) is 0.399. The fourth-order valence-corrected chi connectivity index (χ4v) is 3.36. The lowest BCUT2D eigenvalue weighted by atomic mass is 10.0. The molecule has 3 aromatic heterocycles. The molecule has 0 radical (unpaired) electrons. The minimum Gasteiger partial charge on any atom is -0.396 e. The zero-order valence-electron chi connectivity index (χ0n) is 18.2. The van der Waals surface area contributed by atoms with Crippen molar-refractivity contribution in [3.05, 3.63) is 41.9 Å². The highest BCUT2D eigenvalue weighted by atomic mass is 19.1. The van der Waals surface area contributed by atoms with Crippen molar-refractivity contribution in [1.29, 1.82) is 5.26 Å². The van der Waals surface area contributed by atoms with Crippen molar-refractivity contribution in [2.45, 2.75) is 38.1 Å². The predicted molar refractivity (Wildman–Crippen MR) is 118 cm³/mol. The average Bonchev–Trinajstić information content (AvgIpc) is 3.41. The zero-order chi connectivity index (χ0) is 23.8. The maximum atomic E-state index is 14.1. The van der Waals surface area contributed by atoms with Crippen LogP contribution in [-0.4, -0.2) is 66.8 Å². The van der Waals surface area contributed by atoms with Gasteiger partial charge in [-0.25, -0.2) is 14.4 Å². The van der Waals surface area contributed by atoms with Gasteiger partial charge >= 0.3 is 0 Å². The third kappa shape index (κ3) is 4.76. The van der Waals surface area contributed by atoms with E-state index in [0.717, 1.165) is 6.42 Å². The molecule has 1 fully saturated rings. The fraction of sp³-hybridized carbons (Fsp3) is 0.409. The van der Waals surface area contributed by atoms with E-state index in [1.54, 1.807) is 18.3 Å². The number of nitriles is 1. The van der Waals surface area contributed by atoms with Gasteiger partial charge in [0.15, 0.2) is 11.5 Å². The smallest absolute Gasteiger partial charge is 0.255 e. The number of hydrogen-bond acceptors (Lipinski definition) is 8. The van der Waals surface area contributed by atoms with Crippen molar-refractivity contribution in [3.63, 3.8) is 0 Å². The lowest BCUT2D eigenvalue weighted by Crippen LogP contribution is -2.42. The van der Waals surface area contributed by atoms with Gasteiger partial charge in [0.1, 0.15) is 12.2 Å². The summed E-state index contributed by atoms with van der Waals surface area (Å²) in [7, 11) is 0. The second-order valence-corrected chi connectivity index (χ2v) is 8.65. The summed E-state index contributed by atoms with van der Waals surface area (Å²) in [5.74, 6) is -0.0754. The number of carbonyl (C=O) groups excluding carboxylic acids is 1. The Morgan fingerprint density at radius 3 is 2.82 bits per heavy atom. The second kappa shape index (κ2) is 8.73. The van der Waals surface area contributed by atoms with E-state index in [0.29, 0.717) is 28.1 Å². The molecular formula is C22H24FN7O3. The van der Waals surface area contributed by atoms with Crippen LogP contribution in [0.25, 0.3) is 16.9 Å². The summed E-state index contributed by atoms with van der Waals surface area (Å²) < 4.78 is 15.6. The minimum absolute atomic E-state index is 0.00669. The Hall–Kier alpha value is -3.62. The monoisotopic (exact) mass is 453 g/mol. The van der Waals surface area contributed by atoms with E-state index in [2.05, 4.69) is 25.7 Å². The molecule has 11 heteroatoms. The van der Waals surface area contributed by atoms with Crippen LogP contribution < -0.4 is 10.6 Å². The number of rotatable bonds is 8. The molecule has 3 heterocycles. The van der Waals surface area contributed by atoms with Gasteiger partial charge in [-0.3, -0.25) is 4.79 Å². The summed E-state index contributed by atoms with van der Waals surface area (Å²) in [5, 5.41) is 38.9. The first kappa shape index (κ1) is 22.6. The molecule has 3 atom stereocenters. The third-order valence-corrected chi connectivity index (χ3v) is 5.59. The number of aliphatic hydroxyl groups is 2. The highest BCUT2D eigenvalue weighted by Gasteiger charge is 2.37. The van der Waals surface area contributed by atoms with Gasteiger partial charge in [0, 0.05) is 42.4 Å². The topological polar surface area (TPSA) is 149 Å². The summed E-state index contributed by atoms with van der Waals surface area (Å²) in [6.07, 6.45) is 3.47. The van der Waals surface area contributed by atoms with Gasteiger partial charge in [0.25, 0.3) is 5.91 Å². The van der Waals surface area contributed by atoms with Gasteiger partial charge in [-0.15, -0.1) is 0 Å². The molecular weight excluding hydrogens is 429 g/mol. The lowest BCUT2D eigenvalue weighted by Gasteiger charge is -2.22. The van der Waals surface area contributed by atoms with E-state index in [9.17, 15) is 19.4 Å². The number of alkyl halides is 1. The molecule has 33 heavy (non-hydrogen) atoms. The first-order valence-corrected chi connectivity index (χ1v) is 10.5.